The van der Waals surface area contributed by atoms with E-state index >= 15 is 0 Å². The van der Waals surface area contributed by atoms with Crippen LogP contribution < -0.4 is 4.74 Å². The molecule has 0 bridgehead atoms. The molecule has 18 heavy (non-hydrogen) atoms. The van der Waals surface area contributed by atoms with Crippen molar-refractivity contribution in [2.75, 3.05) is 7.11 Å². The fourth-order valence-corrected chi connectivity index (χ4v) is 2.03. The minimum atomic E-state index is -5.57. The molecule has 0 aliphatic carbocycles. The molecule has 0 heterocycles. The van der Waals surface area contributed by atoms with E-state index in [0.717, 1.165) is 0 Å². The lowest BCUT2D eigenvalue weighted by Crippen LogP contribution is -2.25. The maximum Gasteiger partial charge on any atom is 0.523 e. The molecule has 9 heteroatoms. The van der Waals surface area contributed by atoms with Gasteiger partial charge in [-0.05, 0) is 33.6 Å². The highest BCUT2D eigenvalue weighted by Crippen LogP contribution is 2.28. The highest BCUT2D eigenvalue weighted by atomic mass is 79.9. The fraction of sp³-hybridized carbons (Fsp3) is 0.333. The SMILES string of the molecule is COc1ccc(COS(=O)(=O)C(F)(F)F)cc1Br. The van der Waals surface area contributed by atoms with Gasteiger partial charge in [0.05, 0.1) is 18.2 Å². The molecule has 1 rings (SSSR count). The Bertz CT molecular complexity index is 527. The van der Waals surface area contributed by atoms with Gasteiger partial charge >= 0.3 is 15.6 Å². The van der Waals surface area contributed by atoms with Crippen molar-refractivity contribution in [3.05, 3.63) is 28.2 Å². The fourth-order valence-electron chi connectivity index (χ4n) is 1.01. The summed E-state index contributed by atoms with van der Waals surface area (Å²) in [6.07, 6.45) is 0. The zero-order valence-electron chi connectivity index (χ0n) is 8.99. The van der Waals surface area contributed by atoms with Crippen LogP contribution in [0.15, 0.2) is 22.7 Å². The molecule has 0 amide bonds. The lowest BCUT2D eigenvalue weighted by Gasteiger charge is -2.09. The van der Waals surface area contributed by atoms with Crippen LogP contribution in [0.1, 0.15) is 5.56 Å². The van der Waals surface area contributed by atoms with Crippen LogP contribution in [0.3, 0.4) is 0 Å². The maximum atomic E-state index is 12.0. The number of alkyl halides is 3. The van der Waals surface area contributed by atoms with Gasteiger partial charge in [-0.1, -0.05) is 6.07 Å². The van der Waals surface area contributed by atoms with E-state index in [1.807, 2.05) is 0 Å². The van der Waals surface area contributed by atoms with Crippen molar-refractivity contribution in [1.29, 1.82) is 0 Å². The number of ether oxygens (including phenoxy) is 1. The Balaban J connectivity index is 2.79. The number of rotatable bonds is 4. The standard InChI is InChI=1S/C9H8BrF3O4S/c1-16-8-3-2-6(4-7(8)10)5-17-18(14,15)9(11,12)13/h2-4H,5H2,1H3. The van der Waals surface area contributed by atoms with Crippen molar-refractivity contribution in [1.82, 2.24) is 0 Å². The first-order valence-corrected chi connectivity index (χ1v) is 6.65. The van der Waals surface area contributed by atoms with Crippen molar-refractivity contribution in [2.24, 2.45) is 0 Å². The molecule has 0 saturated carbocycles. The summed E-state index contributed by atoms with van der Waals surface area (Å²) in [5.74, 6) is 0.470. The highest BCUT2D eigenvalue weighted by Gasteiger charge is 2.47. The second kappa shape index (κ2) is 5.45. The molecule has 0 fully saturated rings. The van der Waals surface area contributed by atoms with Gasteiger partial charge in [0.25, 0.3) is 0 Å². The van der Waals surface area contributed by atoms with Crippen LogP contribution in [0.4, 0.5) is 13.2 Å². The summed E-state index contributed by atoms with van der Waals surface area (Å²) < 4.78 is 66.6. The van der Waals surface area contributed by atoms with Gasteiger partial charge in [-0.3, -0.25) is 4.18 Å². The Labute approximate surface area is 110 Å². The van der Waals surface area contributed by atoms with E-state index < -0.39 is 22.2 Å². The summed E-state index contributed by atoms with van der Waals surface area (Å²) >= 11 is 3.12. The van der Waals surface area contributed by atoms with Gasteiger partial charge in [0.1, 0.15) is 5.75 Å². The van der Waals surface area contributed by atoms with Crippen LogP contribution in [0.5, 0.6) is 5.75 Å². The molecule has 0 N–H and O–H groups in total. The first-order chi connectivity index (χ1) is 8.17. The molecule has 0 saturated heterocycles. The highest BCUT2D eigenvalue weighted by molar-refractivity contribution is 9.10. The van der Waals surface area contributed by atoms with E-state index in [9.17, 15) is 21.6 Å². The smallest absolute Gasteiger partial charge is 0.496 e. The van der Waals surface area contributed by atoms with Gasteiger partial charge in [-0.2, -0.15) is 21.6 Å². The molecule has 0 atom stereocenters. The molecule has 4 nitrogen and oxygen atoms in total. The molecule has 0 unspecified atom stereocenters. The Morgan fingerprint density at radius 2 is 1.94 bits per heavy atom. The molecule has 0 aromatic heterocycles. The number of methoxy groups -OCH3 is 1. The molecule has 1 aromatic rings. The Hall–Kier alpha value is -0.800. The van der Waals surface area contributed by atoms with Gasteiger partial charge in [-0.15, -0.1) is 0 Å². The van der Waals surface area contributed by atoms with E-state index in [4.69, 9.17) is 4.74 Å². The van der Waals surface area contributed by atoms with Crippen molar-refractivity contribution >= 4 is 26.0 Å². The molecule has 0 radical (unpaired) electrons. The number of hydrogen-bond donors (Lipinski definition) is 0. The van der Waals surface area contributed by atoms with Gasteiger partial charge in [0.15, 0.2) is 0 Å². The lowest BCUT2D eigenvalue weighted by molar-refractivity contribution is -0.0547. The predicted molar refractivity (Wildman–Crippen MR) is 60.5 cm³/mol. The van der Waals surface area contributed by atoms with Crippen molar-refractivity contribution in [3.63, 3.8) is 0 Å². The van der Waals surface area contributed by atoms with Gasteiger partial charge < -0.3 is 4.74 Å². The van der Waals surface area contributed by atoms with Gasteiger partial charge in [-0.25, -0.2) is 0 Å². The van der Waals surface area contributed by atoms with Crippen LogP contribution in [0, 0.1) is 0 Å². The second-order valence-electron chi connectivity index (χ2n) is 3.13. The van der Waals surface area contributed by atoms with Crippen molar-refractivity contribution in [2.45, 2.75) is 12.1 Å². The predicted octanol–water partition coefficient (Wildman–Crippen LogP) is 2.82. The third kappa shape index (κ3) is 3.59. The van der Waals surface area contributed by atoms with Gasteiger partial charge in [0.2, 0.25) is 0 Å². The van der Waals surface area contributed by atoms with Crippen LogP contribution in [0.25, 0.3) is 0 Å². The molecule has 1 aromatic carbocycles. The van der Waals surface area contributed by atoms with Gasteiger partial charge in [0, 0.05) is 0 Å². The summed E-state index contributed by atoms with van der Waals surface area (Å²) in [7, 11) is -4.15. The number of benzene rings is 1. The largest absolute Gasteiger partial charge is 0.523 e. The number of halogens is 4. The van der Waals surface area contributed by atoms with E-state index in [-0.39, 0.29) is 5.56 Å². The monoisotopic (exact) mass is 348 g/mol. The molecule has 0 aliphatic heterocycles. The first kappa shape index (κ1) is 15.3. The summed E-state index contributed by atoms with van der Waals surface area (Å²) in [6, 6.07) is 4.28. The summed E-state index contributed by atoms with van der Waals surface area (Å²) in [5, 5.41) is 0. The molecule has 0 aliphatic rings. The number of hydrogen-bond acceptors (Lipinski definition) is 4. The maximum absolute atomic E-state index is 12.0. The molecular formula is C9H8BrF3O4S. The summed E-state index contributed by atoms with van der Waals surface area (Å²) in [6.45, 7) is -0.704. The van der Waals surface area contributed by atoms with Crippen LogP contribution in [-0.2, 0) is 20.9 Å². The summed E-state index contributed by atoms with van der Waals surface area (Å²) in [4.78, 5) is 0. The average Bonchev–Trinajstić information content (AvgIpc) is 2.25. The normalized spacial score (nSPS) is 12.5. The Morgan fingerprint density at radius 1 is 1.33 bits per heavy atom. The van der Waals surface area contributed by atoms with E-state index in [2.05, 4.69) is 20.1 Å². The average molecular weight is 349 g/mol. The quantitative estimate of drug-likeness (QED) is 0.620. The Morgan fingerprint density at radius 3 is 2.39 bits per heavy atom. The zero-order chi connectivity index (χ0) is 14.0. The van der Waals surface area contributed by atoms with E-state index in [0.29, 0.717) is 10.2 Å². The van der Waals surface area contributed by atoms with E-state index in [1.54, 1.807) is 0 Å². The van der Waals surface area contributed by atoms with Crippen molar-refractivity contribution in [3.8, 4) is 5.75 Å². The minimum absolute atomic E-state index is 0.260. The van der Waals surface area contributed by atoms with E-state index in [1.165, 1.54) is 25.3 Å². The molecule has 102 valence electrons. The zero-order valence-corrected chi connectivity index (χ0v) is 11.4. The third-order valence-electron chi connectivity index (χ3n) is 1.88. The van der Waals surface area contributed by atoms with Crippen LogP contribution in [-0.4, -0.2) is 21.0 Å². The summed E-state index contributed by atoms with van der Waals surface area (Å²) in [5.41, 5.74) is -5.16. The third-order valence-corrected chi connectivity index (χ3v) is 3.50. The second-order valence-corrected chi connectivity index (χ2v) is 5.59. The molecule has 0 spiro atoms. The first-order valence-electron chi connectivity index (χ1n) is 4.45. The Kier molecular flexibility index (Phi) is 4.62. The topological polar surface area (TPSA) is 52.6 Å². The lowest BCUT2D eigenvalue weighted by atomic mass is 10.2. The van der Waals surface area contributed by atoms with Crippen LogP contribution in [0.2, 0.25) is 0 Å². The molecular weight excluding hydrogens is 341 g/mol. The van der Waals surface area contributed by atoms with Crippen LogP contribution >= 0.6 is 15.9 Å². The van der Waals surface area contributed by atoms with Crippen molar-refractivity contribution < 1.29 is 30.5 Å². The minimum Gasteiger partial charge on any atom is -0.496 e.